The van der Waals surface area contributed by atoms with Crippen LogP contribution >= 0.6 is 11.6 Å². The molecule has 100 valence electrons. The largest absolute Gasteiger partial charge is 0.355 e. The van der Waals surface area contributed by atoms with Crippen LogP contribution in [0.4, 0.5) is 11.4 Å². The molecule has 0 aliphatic heterocycles. The number of anilines is 2. The molecule has 0 spiro atoms. The van der Waals surface area contributed by atoms with Crippen molar-refractivity contribution in [1.29, 1.82) is 0 Å². The van der Waals surface area contributed by atoms with Gasteiger partial charge in [-0.3, -0.25) is 0 Å². The highest BCUT2D eigenvalue weighted by molar-refractivity contribution is 6.30. The van der Waals surface area contributed by atoms with E-state index in [0.29, 0.717) is 5.15 Å². The molecule has 0 amide bonds. The van der Waals surface area contributed by atoms with Gasteiger partial charge < -0.3 is 5.32 Å². The summed E-state index contributed by atoms with van der Waals surface area (Å²) in [5.41, 5.74) is 5.32. The van der Waals surface area contributed by atoms with Crippen molar-refractivity contribution >= 4 is 33.9 Å². The molecule has 0 fully saturated rings. The third kappa shape index (κ3) is 2.47. The normalized spacial score (nSPS) is 10.8. The lowest BCUT2D eigenvalue weighted by Gasteiger charge is -2.11. The predicted molar refractivity (Wildman–Crippen MR) is 86.0 cm³/mol. The van der Waals surface area contributed by atoms with E-state index in [2.05, 4.69) is 47.6 Å². The number of nitrogens with zero attached hydrogens (tertiary/aromatic N) is 1. The molecule has 2 nitrogen and oxygen atoms in total. The van der Waals surface area contributed by atoms with Crippen molar-refractivity contribution in [2.45, 2.75) is 13.8 Å². The average Bonchev–Trinajstić information content (AvgIpc) is 2.42. The molecule has 0 saturated heterocycles. The SMILES string of the molecule is Cc1ccc(Nc2cc(Cl)nc3c(C)cccc23)cc1. The maximum Gasteiger partial charge on any atom is 0.131 e. The van der Waals surface area contributed by atoms with E-state index in [1.807, 2.05) is 25.1 Å². The molecule has 1 aromatic heterocycles. The number of para-hydroxylation sites is 1. The van der Waals surface area contributed by atoms with Gasteiger partial charge in [0.25, 0.3) is 0 Å². The average molecular weight is 283 g/mol. The zero-order chi connectivity index (χ0) is 14.1. The molecular weight excluding hydrogens is 268 g/mol. The van der Waals surface area contributed by atoms with Crippen molar-refractivity contribution in [3.8, 4) is 0 Å². The summed E-state index contributed by atoms with van der Waals surface area (Å²) in [5.74, 6) is 0. The molecule has 3 aromatic rings. The quantitative estimate of drug-likeness (QED) is 0.650. The minimum atomic E-state index is 0.501. The van der Waals surface area contributed by atoms with Gasteiger partial charge in [-0.2, -0.15) is 0 Å². The topological polar surface area (TPSA) is 24.9 Å². The number of hydrogen-bond donors (Lipinski definition) is 1. The first kappa shape index (κ1) is 12.9. The van der Waals surface area contributed by atoms with Crippen LogP contribution in [0.15, 0.2) is 48.5 Å². The van der Waals surface area contributed by atoms with Crippen molar-refractivity contribution in [1.82, 2.24) is 4.98 Å². The minimum Gasteiger partial charge on any atom is -0.355 e. The van der Waals surface area contributed by atoms with E-state index in [1.165, 1.54) is 5.56 Å². The van der Waals surface area contributed by atoms with Crippen LogP contribution in [0.3, 0.4) is 0 Å². The van der Waals surface area contributed by atoms with Crippen LogP contribution in [0.5, 0.6) is 0 Å². The van der Waals surface area contributed by atoms with Crippen molar-refractivity contribution < 1.29 is 0 Å². The number of aromatic nitrogens is 1. The summed E-state index contributed by atoms with van der Waals surface area (Å²) in [5, 5.41) is 5.00. The van der Waals surface area contributed by atoms with Crippen LogP contribution in [0, 0.1) is 13.8 Å². The van der Waals surface area contributed by atoms with E-state index in [4.69, 9.17) is 11.6 Å². The van der Waals surface area contributed by atoms with Crippen LogP contribution in [-0.2, 0) is 0 Å². The fourth-order valence-electron chi connectivity index (χ4n) is 2.26. The summed E-state index contributed by atoms with van der Waals surface area (Å²) in [6.45, 7) is 4.12. The summed E-state index contributed by atoms with van der Waals surface area (Å²) >= 11 is 6.14. The smallest absolute Gasteiger partial charge is 0.131 e. The number of nitrogens with one attached hydrogen (secondary N) is 1. The Hall–Kier alpha value is -2.06. The number of halogens is 1. The van der Waals surface area contributed by atoms with Gasteiger partial charge in [0.05, 0.1) is 11.2 Å². The minimum absolute atomic E-state index is 0.501. The first-order valence-corrected chi connectivity index (χ1v) is 6.91. The number of hydrogen-bond acceptors (Lipinski definition) is 2. The van der Waals surface area contributed by atoms with Crippen LogP contribution in [0.25, 0.3) is 10.9 Å². The van der Waals surface area contributed by atoms with Gasteiger partial charge in [-0.15, -0.1) is 0 Å². The van der Waals surface area contributed by atoms with Crippen molar-refractivity contribution in [2.75, 3.05) is 5.32 Å². The Balaban J connectivity index is 2.11. The molecule has 0 radical (unpaired) electrons. The number of pyridine rings is 1. The van der Waals surface area contributed by atoms with E-state index in [0.717, 1.165) is 27.8 Å². The maximum atomic E-state index is 6.14. The van der Waals surface area contributed by atoms with Crippen LogP contribution < -0.4 is 5.32 Å². The Bertz CT molecular complexity index is 764. The molecule has 0 unspecified atom stereocenters. The Morgan fingerprint density at radius 2 is 1.75 bits per heavy atom. The van der Waals surface area contributed by atoms with Crippen molar-refractivity contribution in [3.63, 3.8) is 0 Å². The van der Waals surface area contributed by atoms with Crippen LogP contribution in [0.1, 0.15) is 11.1 Å². The highest BCUT2D eigenvalue weighted by atomic mass is 35.5. The van der Waals surface area contributed by atoms with E-state index >= 15 is 0 Å². The highest BCUT2D eigenvalue weighted by Gasteiger charge is 2.07. The molecule has 0 atom stereocenters. The van der Waals surface area contributed by atoms with Gasteiger partial charge in [0.2, 0.25) is 0 Å². The van der Waals surface area contributed by atoms with Crippen LogP contribution in [-0.4, -0.2) is 4.98 Å². The Morgan fingerprint density at radius 3 is 2.50 bits per heavy atom. The first-order chi connectivity index (χ1) is 9.63. The van der Waals surface area contributed by atoms with E-state index < -0.39 is 0 Å². The monoisotopic (exact) mass is 282 g/mol. The predicted octanol–water partition coefficient (Wildman–Crippen LogP) is 5.25. The van der Waals surface area contributed by atoms with Crippen molar-refractivity contribution in [3.05, 3.63) is 64.8 Å². The van der Waals surface area contributed by atoms with E-state index in [1.54, 1.807) is 0 Å². The molecule has 1 heterocycles. The van der Waals surface area contributed by atoms with E-state index in [9.17, 15) is 0 Å². The molecule has 20 heavy (non-hydrogen) atoms. The number of aryl methyl sites for hydroxylation is 2. The number of rotatable bonds is 2. The molecule has 0 aliphatic carbocycles. The molecule has 2 aromatic carbocycles. The fraction of sp³-hybridized carbons (Fsp3) is 0.118. The second-order valence-electron chi connectivity index (χ2n) is 4.95. The molecular formula is C17H15ClN2. The highest BCUT2D eigenvalue weighted by Crippen LogP contribution is 2.29. The maximum absolute atomic E-state index is 6.14. The van der Waals surface area contributed by atoms with Crippen LogP contribution in [0.2, 0.25) is 5.15 Å². The molecule has 1 N–H and O–H groups in total. The van der Waals surface area contributed by atoms with Gasteiger partial charge in [0, 0.05) is 11.1 Å². The molecule has 0 bridgehead atoms. The zero-order valence-electron chi connectivity index (χ0n) is 11.4. The third-order valence-corrected chi connectivity index (χ3v) is 3.53. The summed E-state index contributed by atoms with van der Waals surface area (Å²) in [4.78, 5) is 4.42. The molecule has 0 aliphatic rings. The summed E-state index contributed by atoms with van der Waals surface area (Å²) in [7, 11) is 0. The molecule has 0 saturated carbocycles. The zero-order valence-corrected chi connectivity index (χ0v) is 12.2. The Morgan fingerprint density at radius 1 is 1.00 bits per heavy atom. The second kappa shape index (κ2) is 5.14. The standard InChI is InChI=1S/C17H15ClN2/c1-11-6-8-13(9-7-11)19-15-10-16(18)20-17-12(2)4-3-5-14(15)17/h3-10H,1-2H3,(H,19,20). The van der Waals surface area contributed by atoms with Gasteiger partial charge in [-0.25, -0.2) is 4.98 Å². The van der Waals surface area contributed by atoms with Gasteiger partial charge in [-0.05, 0) is 37.6 Å². The third-order valence-electron chi connectivity index (χ3n) is 3.34. The second-order valence-corrected chi connectivity index (χ2v) is 5.34. The number of fused-ring (bicyclic) bond motifs is 1. The molecule has 3 heteroatoms. The Kier molecular flexibility index (Phi) is 3.33. The number of benzene rings is 2. The van der Waals surface area contributed by atoms with Gasteiger partial charge in [0.15, 0.2) is 0 Å². The van der Waals surface area contributed by atoms with Gasteiger partial charge >= 0.3 is 0 Å². The Labute approximate surface area is 123 Å². The fourth-order valence-corrected chi connectivity index (χ4v) is 2.45. The summed E-state index contributed by atoms with van der Waals surface area (Å²) in [6.07, 6.45) is 0. The molecule has 3 rings (SSSR count). The lowest BCUT2D eigenvalue weighted by Crippen LogP contribution is -1.94. The van der Waals surface area contributed by atoms with Crippen molar-refractivity contribution in [2.24, 2.45) is 0 Å². The van der Waals surface area contributed by atoms with E-state index in [-0.39, 0.29) is 0 Å². The van der Waals surface area contributed by atoms with Gasteiger partial charge in [-0.1, -0.05) is 47.5 Å². The summed E-state index contributed by atoms with van der Waals surface area (Å²) < 4.78 is 0. The lowest BCUT2D eigenvalue weighted by atomic mass is 10.1. The van der Waals surface area contributed by atoms with Gasteiger partial charge in [0.1, 0.15) is 5.15 Å². The summed E-state index contributed by atoms with van der Waals surface area (Å²) in [6, 6.07) is 16.3. The first-order valence-electron chi connectivity index (χ1n) is 6.53. The lowest BCUT2D eigenvalue weighted by molar-refractivity contribution is 1.36.